The minimum absolute atomic E-state index is 0.271. The van der Waals surface area contributed by atoms with Crippen molar-refractivity contribution in [2.24, 2.45) is 11.8 Å². The molecule has 1 heterocycles. The lowest BCUT2D eigenvalue weighted by molar-refractivity contribution is -0.113. The SMILES string of the molecule is CC[C@H]1CN(C(=O)OCc2ccccc2)CC[C@H]1CC(=O)Cl. The Kier molecular flexibility index (Phi) is 6.25. The zero-order chi connectivity index (χ0) is 15.9. The summed E-state index contributed by atoms with van der Waals surface area (Å²) >= 11 is 5.51. The summed E-state index contributed by atoms with van der Waals surface area (Å²) in [5.74, 6) is 0.578. The van der Waals surface area contributed by atoms with E-state index in [1.54, 1.807) is 4.90 Å². The van der Waals surface area contributed by atoms with Crippen molar-refractivity contribution in [2.75, 3.05) is 13.1 Å². The van der Waals surface area contributed by atoms with Gasteiger partial charge in [0.1, 0.15) is 6.61 Å². The highest BCUT2D eigenvalue weighted by atomic mass is 35.5. The molecule has 22 heavy (non-hydrogen) atoms. The number of piperidine rings is 1. The first-order chi connectivity index (χ1) is 10.6. The Hall–Kier alpha value is -1.55. The highest BCUT2D eigenvalue weighted by molar-refractivity contribution is 6.63. The number of likely N-dealkylation sites (tertiary alicyclic amines) is 1. The maximum atomic E-state index is 12.2. The molecule has 0 radical (unpaired) electrons. The number of nitrogens with zero attached hydrogens (tertiary/aromatic N) is 1. The number of rotatable bonds is 5. The van der Waals surface area contributed by atoms with Gasteiger partial charge >= 0.3 is 6.09 Å². The lowest BCUT2D eigenvalue weighted by Gasteiger charge is -2.37. The van der Waals surface area contributed by atoms with Crippen molar-refractivity contribution >= 4 is 22.9 Å². The lowest BCUT2D eigenvalue weighted by Crippen LogP contribution is -2.44. The zero-order valence-corrected chi connectivity index (χ0v) is 13.6. The third-order valence-corrected chi connectivity index (χ3v) is 4.46. The van der Waals surface area contributed by atoms with Gasteiger partial charge in [-0.15, -0.1) is 0 Å². The van der Waals surface area contributed by atoms with Crippen molar-refractivity contribution in [2.45, 2.75) is 32.8 Å². The summed E-state index contributed by atoms with van der Waals surface area (Å²) in [6.45, 7) is 3.63. The molecule has 0 spiro atoms. The van der Waals surface area contributed by atoms with E-state index in [0.717, 1.165) is 18.4 Å². The third-order valence-electron chi connectivity index (χ3n) is 4.30. The minimum atomic E-state index is -0.288. The maximum absolute atomic E-state index is 12.2. The van der Waals surface area contributed by atoms with Gasteiger partial charge in [-0.1, -0.05) is 43.7 Å². The van der Waals surface area contributed by atoms with Gasteiger partial charge in [-0.3, -0.25) is 4.79 Å². The van der Waals surface area contributed by atoms with Crippen molar-refractivity contribution in [1.29, 1.82) is 0 Å². The second kappa shape index (κ2) is 8.18. The van der Waals surface area contributed by atoms with Crippen LogP contribution in [0.25, 0.3) is 0 Å². The molecule has 1 fully saturated rings. The molecule has 0 saturated carbocycles. The average molecular weight is 324 g/mol. The molecule has 0 unspecified atom stereocenters. The summed E-state index contributed by atoms with van der Waals surface area (Å²) < 4.78 is 5.37. The van der Waals surface area contributed by atoms with Crippen molar-refractivity contribution in [3.05, 3.63) is 35.9 Å². The molecule has 0 aromatic heterocycles. The van der Waals surface area contributed by atoms with E-state index in [9.17, 15) is 9.59 Å². The summed E-state index contributed by atoms with van der Waals surface area (Å²) in [7, 11) is 0. The molecule has 0 N–H and O–H groups in total. The molecule has 5 heteroatoms. The quantitative estimate of drug-likeness (QED) is 0.774. The van der Waals surface area contributed by atoms with Crippen molar-refractivity contribution < 1.29 is 14.3 Å². The molecule has 120 valence electrons. The average Bonchev–Trinajstić information content (AvgIpc) is 2.53. The summed E-state index contributed by atoms with van der Waals surface area (Å²) in [5, 5.41) is -0.288. The van der Waals surface area contributed by atoms with Crippen molar-refractivity contribution in [3.8, 4) is 0 Å². The summed E-state index contributed by atoms with van der Waals surface area (Å²) in [5.41, 5.74) is 0.977. The second-order valence-corrected chi connectivity index (χ2v) is 6.18. The fourth-order valence-electron chi connectivity index (χ4n) is 2.99. The van der Waals surface area contributed by atoms with Crippen LogP contribution < -0.4 is 0 Å². The predicted octanol–water partition coefficient (Wildman–Crippen LogP) is 3.83. The van der Waals surface area contributed by atoms with Gasteiger partial charge in [0.15, 0.2) is 0 Å². The fraction of sp³-hybridized carbons (Fsp3) is 0.529. The third kappa shape index (κ3) is 4.73. The van der Waals surface area contributed by atoms with Crippen LogP contribution in [0.5, 0.6) is 0 Å². The van der Waals surface area contributed by atoms with E-state index in [1.165, 1.54) is 0 Å². The number of hydrogen-bond acceptors (Lipinski definition) is 3. The first-order valence-corrected chi connectivity index (χ1v) is 8.12. The first-order valence-electron chi connectivity index (χ1n) is 7.74. The molecule has 1 saturated heterocycles. The van der Waals surface area contributed by atoms with Gasteiger partial charge < -0.3 is 9.64 Å². The van der Waals surface area contributed by atoms with Gasteiger partial charge in [-0.2, -0.15) is 0 Å². The molecular formula is C17H22ClNO3. The van der Waals surface area contributed by atoms with Crippen LogP contribution in [0.15, 0.2) is 30.3 Å². The summed E-state index contributed by atoms with van der Waals surface area (Å²) in [4.78, 5) is 25.0. The molecule has 1 amide bonds. The number of carbonyl (C=O) groups excluding carboxylic acids is 2. The molecule has 1 aliphatic heterocycles. The standard InChI is InChI=1S/C17H22ClNO3/c1-2-14-11-19(9-8-15(14)10-16(18)20)17(21)22-12-13-6-4-3-5-7-13/h3-7,14-15H,2,8-12H2,1H3/t14-,15-/m0/s1. The van der Waals surface area contributed by atoms with Crippen LogP contribution >= 0.6 is 11.6 Å². The van der Waals surface area contributed by atoms with Crippen molar-refractivity contribution in [3.63, 3.8) is 0 Å². The van der Waals surface area contributed by atoms with Crippen molar-refractivity contribution in [1.82, 2.24) is 4.90 Å². The number of hydrogen-bond donors (Lipinski definition) is 0. The van der Waals surface area contributed by atoms with Crippen LogP contribution in [0.1, 0.15) is 31.7 Å². The van der Waals surface area contributed by atoms with Gasteiger partial charge in [0.2, 0.25) is 5.24 Å². The van der Waals surface area contributed by atoms with E-state index in [4.69, 9.17) is 16.3 Å². The van der Waals surface area contributed by atoms with Crippen LogP contribution in [-0.4, -0.2) is 29.3 Å². The smallest absolute Gasteiger partial charge is 0.410 e. The molecule has 1 aromatic rings. The normalized spacial score (nSPS) is 21.5. The molecule has 2 rings (SSSR count). The Labute approximate surface area is 136 Å². The van der Waals surface area contributed by atoms with Crippen LogP contribution in [0, 0.1) is 11.8 Å². The minimum Gasteiger partial charge on any atom is -0.445 e. The number of ether oxygens (including phenoxy) is 1. The maximum Gasteiger partial charge on any atom is 0.410 e. The van der Waals surface area contributed by atoms with Gasteiger partial charge in [0, 0.05) is 19.5 Å². The molecule has 0 bridgehead atoms. The largest absolute Gasteiger partial charge is 0.445 e. The Morgan fingerprint density at radius 1 is 1.27 bits per heavy atom. The van der Waals surface area contributed by atoms with E-state index < -0.39 is 0 Å². The van der Waals surface area contributed by atoms with E-state index in [0.29, 0.717) is 25.4 Å². The highest BCUT2D eigenvalue weighted by Gasteiger charge is 2.31. The Morgan fingerprint density at radius 3 is 2.64 bits per heavy atom. The molecule has 1 aromatic carbocycles. The number of carbonyl (C=O) groups is 2. The Bertz CT molecular complexity index is 506. The zero-order valence-electron chi connectivity index (χ0n) is 12.8. The highest BCUT2D eigenvalue weighted by Crippen LogP contribution is 2.30. The molecular weight excluding hydrogens is 302 g/mol. The number of amides is 1. The van der Waals surface area contributed by atoms with Gasteiger partial charge in [-0.05, 0) is 35.4 Å². The summed E-state index contributed by atoms with van der Waals surface area (Å²) in [6.07, 6.45) is 1.85. The van der Waals surface area contributed by atoms with E-state index in [2.05, 4.69) is 6.92 Å². The van der Waals surface area contributed by atoms with Gasteiger partial charge in [0.25, 0.3) is 0 Å². The summed E-state index contributed by atoms with van der Waals surface area (Å²) in [6, 6.07) is 9.64. The molecule has 1 aliphatic rings. The molecule has 2 atom stereocenters. The van der Waals surface area contributed by atoms with Crippen LogP contribution in [-0.2, 0) is 16.1 Å². The topological polar surface area (TPSA) is 46.6 Å². The Balaban J connectivity index is 1.85. The van der Waals surface area contributed by atoms with Gasteiger partial charge in [-0.25, -0.2) is 4.79 Å². The fourth-order valence-corrected chi connectivity index (χ4v) is 3.19. The van der Waals surface area contributed by atoms with Crippen LogP contribution in [0.2, 0.25) is 0 Å². The van der Waals surface area contributed by atoms with E-state index in [1.807, 2.05) is 30.3 Å². The molecule has 0 aliphatic carbocycles. The molecule has 4 nitrogen and oxygen atoms in total. The van der Waals surface area contributed by atoms with Crippen LogP contribution in [0.4, 0.5) is 4.79 Å². The predicted molar refractivity (Wildman–Crippen MR) is 85.6 cm³/mol. The lowest BCUT2D eigenvalue weighted by atomic mass is 9.82. The number of benzene rings is 1. The number of halogens is 1. The Morgan fingerprint density at radius 2 is 2.00 bits per heavy atom. The first kappa shape index (κ1) is 16.8. The van der Waals surface area contributed by atoms with E-state index >= 15 is 0 Å². The van der Waals surface area contributed by atoms with E-state index in [-0.39, 0.29) is 23.9 Å². The monoisotopic (exact) mass is 323 g/mol. The van der Waals surface area contributed by atoms with Crippen LogP contribution in [0.3, 0.4) is 0 Å². The second-order valence-electron chi connectivity index (χ2n) is 5.76. The van der Waals surface area contributed by atoms with Gasteiger partial charge in [0.05, 0.1) is 0 Å².